The molecular weight excluding hydrogens is 335 g/mol. The molecule has 0 saturated carbocycles. The molecule has 0 saturated heterocycles. The number of rotatable bonds is 7. The fraction of sp³-hybridized carbons (Fsp3) is 0.176. The number of para-hydroxylation sites is 2. The van der Waals surface area contributed by atoms with Crippen LogP contribution in [-0.2, 0) is 4.79 Å². The first-order valence-electron chi connectivity index (χ1n) is 7.22. The van der Waals surface area contributed by atoms with Crippen molar-refractivity contribution < 1.29 is 18.7 Å². The molecule has 2 aromatic rings. The van der Waals surface area contributed by atoms with Gasteiger partial charge in [-0.3, -0.25) is 4.79 Å². The lowest BCUT2D eigenvalue weighted by molar-refractivity contribution is -0.123. The van der Waals surface area contributed by atoms with Gasteiger partial charge >= 0.3 is 0 Å². The van der Waals surface area contributed by atoms with E-state index in [-0.39, 0.29) is 17.2 Å². The number of nitrogens with zero attached hydrogens (tertiary/aromatic N) is 1. The number of halogens is 2. The van der Waals surface area contributed by atoms with Gasteiger partial charge in [-0.2, -0.15) is 5.10 Å². The van der Waals surface area contributed by atoms with E-state index in [1.165, 1.54) is 18.2 Å². The van der Waals surface area contributed by atoms with Crippen LogP contribution in [0.15, 0.2) is 47.6 Å². The van der Waals surface area contributed by atoms with E-state index in [9.17, 15) is 9.18 Å². The van der Waals surface area contributed by atoms with E-state index >= 15 is 0 Å². The van der Waals surface area contributed by atoms with Crippen molar-refractivity contribution in [2.45, 2.75) is 6.92 Å². The predicted octanol–water partition coefficient (Wildman–Crippen LogP) is 3.41. The van der Waals surface area contributed by atoms with Gasteiger partial charge in [0.25, 0.3) is 5.91 Å². The third-order valence-corrected chi connectivity index (χ3v) is 3.22. The second-order valence-electron chi connectivity index (χ2n) is 4.60. The van der Waals surface area contributed by atoms with Gasteiger partial charge in [0, 0.05) is 5.56 Å². The van der Waals surface area contributed by atoms with Crippen molar-refractivity contribution in [3.63, 3.8) is 0 Å². The van der Waals surface area contributed by atoms with Gasteiger partial charge in [0.05, 0.1) is 17.8 Å². The lowest BCUT2D eigenvalue weighted by Crippen LogP contribution is -2.24. The number of ether oxygens (including phenoxy) is 2. The summed E-state index contributed by atoms with van der Waals surface area (Å²) in [6.45, 7) is 2.08. The first-order valence-corrected chi connectivity index (χ1v) is 7.60. The van der Waals surface area contributed by atoms with Crippen molar-refractivity contribution in [1.29, 1.82) is 0 Å². The van der Waals surface area contributed by atoms with E-state index in [1.807, 2.05) is 6.92 Å². The molecule has 7 heteroatoms. The highest BCUT2D eigenvalue weighted by Gasteiger charge is 2.07. The molecule has 0 bridgehead atoms. The van der Waals surface area contributed by atoms with Crippen LogP contribution in [0.2, 0.25) is 5.02 Å². The number of carbonyl (C=O) groups excluding carboxylic acids is 1. The van der Waals surface area contributed by atoms with Gasteiger partial charge in [-0.25, -0.2) is 9.82 Å². The van der Waals surface area contributed by atoms with Gasteiger partial charge in [-0.1, -0.05) is 29.8 Å². The molecule has 126 valence electrons. The molecule has 0 aliphatic rings. The van der Waals surface area contributed by atoms with Crippen molar-refractivity contribution in [3.8, 4) is 11.5 Å². The number of nitrogens with one attached hydrogen (secondary N) is 1. The van der Waals surface area contributed by atoms with Crippen LogP contribution in [0.25, 0.3) is 0 Å². The molecule has 2 rings (SSSR count). The lowest BCUT2D eigenvalue weighted by Gasteiger charge is -2.10. The molecule has 0 fully saturated rings. The minimum atomic E-state index is -0.526. The summed E-state index contributed by atoms with van der Waals surface area (Å²) in [6.07, 6.45) is 1.14. The monoisotopic (exact) mass is 350 g/mol. The molecule has 5 nitrogen and oxygen atoms in total. The Balaban J connectivity index is 1.89. The quantitative estimate of drug-likeness (QED) is 0.615. The molecule has 0 unspecified atom stereocenters. The summed E-state index contributed by atoms with van der Waals surface area (Å²) in [7, 11) is 0. The molecular formula is C17H16ClFN2O3. The number of hydrogen-bond acceptors (Lipinski definition) is 4. The SMILES string of the molecule is CCOc1ccccc1OCC(=O)N/N=C\c1c(F)cccc1Cl. The average molecular weight is 351 g/mol. The third kappa shape index (κ3) is 4.96. The number of benzene rings is 2. The Labute approximate surface area is 144 Å². The van der Waals surface area contributed by atoms with Crippen LogP contribution in [0.5, 0.6) is 11.5 Å². The first-order chi connectivity index (χ1) is 11.6. The Morgan fingerprint density at radius 3 is 2.58 bits per heavy atom. The molecule has 0 atom stereocenters. The average Bonchev–Trinajstić information content (AvgIpc) is 2.57. The Kier molecular flexibility index (Phi) is 6.57. The standard InChI is InChI=1S/C17H16ClFN2O3/c1-2-23-15-8-3-4-9-16(15)24-11-17(22)21-20-10-12-13(18)6-5-7-14(12)19/h3-10H,2,11H2,1H3,(H,21,22)/b20-10-. The van der Waals surface area contributed by atoms with Gasteiger partial charge in [-0.05, 0) is 31.2 Å². The zero-order valence-electron chi connectivity index (χ0n) is 13.0. The smallest absolute Gasteiger partial charge is 0.277 e. The molecule has 1 N–H and O–H groups in total. The van der Waals surface area contributed by atoms with Crippen LogP contribution in [0.4, 0.5) is 4.39 Å². The summed E-state index contributed by atoms with van der Waals surface area (Å²) in [5, 5.41) is 3.88. The maximum absolute atomic E-state index is 13.5. The maximum atomic E-state index is 13.5. The Morgan fingerprint density at radius 2 is 1.92 bits per heavy atom. The van der Waals surface area contributed by atoms with E-state index in [1.54, 1.807) is 24.3 Å². The Morgan fingerprint density at radius 1 is 1.21 bits per heavy atom. The van der Waals surface area contributed by atoms with Crippen molar-refractivity contribution >= 4 is 23.7 Å². The minimum absolute atomic E-state index is 0.0991. The topological polar surface area (TPSA) is 59.9 Å². The van der Waals surface area contributed by atoms with Gasteiger partial charge in [-0.15, -0.1) is 0 Å². The predicted molar refractivity (Wildman–Crippen MR) is 90.3 cm³/mol. The van der Waals surface area contributed by atoms with Crippen LogP contribution in [0, 0.1) is 5.82 Å². The highest BCUT2D eigenvalue weighted by atomic mass is 35.5. The molecule has 0 aliphatic carbocycles. The van der Waals surface area contributed by atoms with Crippen LogP contribution < -0.4 is 14.9 Å². The highest BCUT2D eigenvalue weighted by molar-refractivity contribution is 6.33. The largest absolute Gasteiger partial charge is 0.490 e. The molecule has 0 radical (unpaired) electrons. The van der Waals surface area contributed by atoms with E-state index in [0.717, 1.165) is 6.21 Å². The summed E-state index contributed by atoms with van der Waals surface area (Å²) >= 11 is 5.85. The van der Waals surface area contributed by atoms with Gasteiger partial charge < -0.3 is 9.47 Å². The number of hydrazone groups is 1. The summed E-state index contributed by atoms with van der Waals surface area (Å²) in [4.78, 5) is 11.7. The van der Waals surface area contributed by atoms with Gasteiger partial charge in [0.2, 0.25) is 0 Å². The minimum Gasteiger partial charge on any atom is -0.490 e. The van der Waals surface area contributed by atoms with Crippen LogP contribution >= 0.6 is 11.6 Å². The summed E-state index contributed by atoms with van der Waals surface area (Å²) in [6, 6.07) is 11.3. The fourth-order valence-electron chi connectivity index (χ4n) is 1.82. The van der Waals surface area contributed by atoms with E-state index in [2.05, 4.69) is 10.5 Å². The number of carbonyl (C=O) groups is 1. The zero-order valence-corrected chi connectivity index (χ0v) is 13.7. The van der Waals surface area contributed by atoms with Gasteiger partial charge in [0.15, 0.2) is 18.1 Å². The van der Waals surface area contributed by atoms with Crippen LogP contribution in [0.3, 0.4) is 0 Å². The van der Waals surface area contributed by atoms with Crippen molar-refractivity contribution in [2.24, 2.45) is 5.10 Å². The molecule has 2 aromatic carbocycles. The van der Waals surface area contributed by atoms with Crippen molar-refractivity contribution in [2.75, 3.05) is 13.2 Å². The van der Waals surface area contributed by atoms with Crippen LogP contribution in [0.1, 0.15) is 12.5 Å². The van der Waals surface area contributed by atoms with E-state index in [4.69, 9.17) is 21.1 Å². The molecule has 0 heterocycles. The molecule has 0 aromatic heterocycles. The number of amides is 1. The van der Waals surface area contributed by atoms with Gasteiger partial charge in [0.1, 0.15) is 5.82 Å². The molecule has 24 heavy (non-hydrogen) atoms. The van der Waals surface area contributed by atoms with E-state index < -0.39 is 11.7 Å². The first kappa shape index (κ1) is 17.7. The maximum Gasteiger partial charge on any atom is 0.277 e. The van der Waals surface area contributed by atoms with Crippen molar-refractivity contribution in [1.82, 2.24) is 5.43 Å². The Bertz CT molecular complexity index is 717. The fourth-order valence-corrected chi connectivity index (χ4v) is 2.03. The zero-order chi connectivity index (χ0) is 17.4. The molecule has 0 aliphatic heterocycles. The molecule has 0 spiro atoms. The Hall–Kier alpha value is -2.60. The number of hydrogen-bond donors (Lipinski definition) is 1. The summed E-state index contributed by atoms with van der Waals surface area (Å²) in [5.74, 6) is -0.0162. The van der Waals surface area contributed by atoms with Crippen LogP contribution in [-0.4, -0.2) is 25.3 Å². The molecule has 1 amide bonds. The van der Waals surface area contributed by atoms with Crippen molar-refractivity contribution in [3.05, 3.63) is 58.9 Å². The third-order valence-electron chi connectivity index (χ3n) is 2.89. The lowest BCUT2D eigenvalue weighted by atomic mass is 10.2. The normalized spacial score (nSPS) is 10.6. The second-order valence-corrected chi connectivity index (χ2v) is 5.00. The van der Waals surface area contributed by atoms with E-state index in [0.29, 0.717) is 18.1 Å². The summed E-state index contributed by atoms with van der Waals surface area (Å²) < 4.78 is 24.3. The second kappa shape index (κ2) is 8.88. The highest BCUT2D eigenvalue weighted by Crippen LogP contribution is 2.26. The summed E-state index contributed by atoms with van der Waals surface area (Å²) in [5.41, 5.74) is 2.35.